The molecule has 12 nitrogen and oxygen atoms in total. The molecule has 0 spiro atoms. The van der Waals surface area contributed by atoms with Gasteiger partial charge in [-0.2, -0.15) is 0 Å². The van der Waals surface area contributed by atoms with E-state index in [4.69, 9.17) is 0 Å². The summed E-state index contributed by atoms with van der Waals surface area (Å²) in [5.74, 6) is -1.29. The molecular weight excluding hydrogens is 364 g/mol. The lowest BCUT2D eigenvalue weighted by Gasteiger charge is -2.16. The Hall–Kier alpha value is -4.22. The van der Waals surface area contributed by atoms with Crippen LogP contribution in [0.5, 0.6) is 0 Å². The molecule has 0 saturated carbocycles. The number of nitrogens with zero attached hydrogens (tertiary/aromatic N) is 4. The van der Waals surface area contributed by atoms with Gasteiger partial charge in [0.15, 0.2) is 4.90 Å². The summed E-state index contributed by atoms with van der Waals surface area (Å²) in [5, 5.41) is 51.2. The molecule has 2 aromatic rings. The lowest BCUT2D eigenvalue weighted by atomic mass is 10.0. The standard InChI is InChI=1S/C15H10N4O8/c20-15(21)10-7-16(11-4-2-1-3-9(10)11)14-12(18(24)25)5-8(17(22)23)6-13(14)19(26)27/h1-7,14H,(H2-,20,21,24,25)/p+1. The SMILES string of the molecule is O=C(O)c1cn(C2C([N+](=O)[O-])=CC([N+](=O)[O-])=CC2=[N+](O)O)c2ccccc12. The number of carbonyl (C=O) groups is 1. The third kappa shape index (κ3) is 2.84. The van der Waals surface area contributed by atoms with Crippen LogP contribution in [0.4, 0.5) is 0 Å². The number of fused-ring (bicyclic) bond motifs is 1. The van der Waals surface area contributed by atoms with Crippen LogP contribution in [0.2, 0.25) is 0 Å². The van der Waals surface area contributed by atoms with E-state index in [-0.39, 0.29) is 16.5 Å². The summed E-state index contributed by atoms with van der Waals surface area (Å²) in [4.78, 5) is 31.8. The van der Waals surface area contributed by atoms with Crippen molar-refractivity contribution in [2.45, 2.75) is 6.04 Å². The molecule has 0 amide bonds. The normalized spacial score (nSPS) is 16.6. The number of rotatable bonds is 4. The Bertz CT molecular complexity index is 1090. The van der Waals surface area contributed by atoms with Crippen LogP contribution in [0.3, 0.4) is 0 Å². The maximum Gasteiger partial charge on any atom is 0.337 e. The second-order valence-electron chi connectivity index (χ2n) is 5.54. The smallest absolute Gasteiger partial charge is 0.337 e. The fourth-order valence-corrected chi connectivity index (χ4v) is 2.95. The van der Waals surface area contributed by atoms with E-state index in [2.05, 4.69) is 0 Å². The minimum Gasteiger partial charge on any atom is -0.478 e. The molecule has 0 fully saturated rings. The van der Waals surface area contributed by atoms with E-state index in [1.54, 1.807) is 12.1 Å². The summed E-state index contributed by atoms with van der Waals surface area (Å²) in [7, 11) is 0. The molecular formula is C15H11N4O8+. The third-order valence-electron chi connectivity index (χ3n) is 4.05. The van der Waals surface area contributed by atoms with Gasteiger partial charge >= 0.3 is 11.7 Å². The Morgan fingerprint density at radius 3 is 2.30 bits per heavy atom. The maximum absolute atomic E-state index is 11.5. The molecule has 3 rings (SSSR count). The second kappa shape index (κ2) is 6.25. The van der Waals surface area contributed by atoms with Crippen molar-refractivity contribution in [2.24, 2.45) is 0 Å². The van der Waals surface area contributed by atoms with Gasteiger partial charge in [0.05, 0.1) is 33.1 Å². The Kier molecular flexibility index (Phi) is 4.08. The monoisotopic (exact) mass is 375 g/mol. The van der Waals surface area contributed by atoms with Crippen LogP contribution in [0, 0.1) is 20.2 Å². The van der Waals surface area contributed by atoms with E-state index >= 15 is 0 Å². The van der Waals surface area contributed by atoms with Crippen LogP contribution in [0.1, 0.15) is 16.4 Å². The predicted octanol–water partition coefficient (Wildman–Crippen LogP) is 1.45. The number of carboxylic acid groups (broad SMARTS) is 1. The van der Waals surface area contributed by atoms with E-state index in [0.29, 0.717) is 6.08 Å². The van der Waals surface area contributed by atoms with Gasteiger partial charge in [0.1, 0.15) is 0 Å². The zero-order valence-electron chi connectivity index (χ0n) is 13.3. The quantitative estimate of drug-likeness (QED) is 0.409. The van der Waals surface area contributed by atoms with Gasteiger partial charge in [-0.25, -0.2) is 15.2 Å². The number of nitro groups is 2. The molecule has 0 saturated heterocycles. The van der Waals surface area contributed by atoms with Gasteiger partial charge in [-0.05, 0) is 6.07 Å². The maximum atomic E-state index is 11.5. The number of hydrogen-bond acceptors (Lipinski definition) is 7. The number of allylic oxidation sites excluding steroid dienone is 3. The van der Waals surface area contributed by atoms with Crippen LogP contribution in [-0.4, -0.2) is 46.5 Å². The van der Waals surface area contributed by atoms with Crippen LogP contribution >= 0.6 is 0 Å². The summed E-state index contributed by atoms with van der Waals surface area (Å²) in [6, 6.07) is 4.60. The van der Waals surface area contributed by atoms with Crippen molar-refractivity contribution < 1.29 is 35.1 Å². The van der Waals surface area contributed by atoms with Crippen molar-refractivity contribution in [3.8, 4) is 0 Å². The van der Waals surface area contributed by atoms with Gasteiger partial charge in [0.2, 0.25) is 6.04 Å². The number of para-hydroxylation sites is 1. The average Bonchev–Trinajstić information content (AvgIpc) is 3.00. The third-order valence-corrected chi connectivity index (χ3v) is 4.05. The van der Waals surface area contributed by atoms with Crippen molar-refractivity contribution in [3.63, 3.8) is 0 Å². The van der Waals surface area contributed by atoms with Gasteiger partial charge in [-0.15, -0.1) is 0 Å². The highest BCUT2D eigenvalue weighted by atomic mass is 16.8. The van der Waals surface area contributed by atoms with Crippen molar-refractivity contribution in [2.75, 3.05) is 0 Å². The van der Waals surface area contributed by atoms with Crippen molar-refractivity contribution >= 4 is 22.6 Å². The lowest BCUT2D eigenvalue weighted by molar-refractivity contribution is -0.956. The van der Waals surface area contributed by atoms with E-state index in [1.807, 2.05) is 0 Å². The first-order valence-electron chi connectivity index (χ1n) is 7.32. The molecule has 0 radical (unpaired) electrons. The zero-order chi connectivity index (χ0) is 19.9. The fourth-order valence-electron chi connectivity index (χ4n) is 2.95. The fraction of sp³-hybridized carbons (Fsp3) is 0.0667. The van der Waals surface area contributed by atoms with Crippen molar-refractivity contribution in [3.05, 3.63) is 79.8 Å². The number of benzene rings is 1. The molecule has 1 aromatic heterocycles. The van der Waals surface area contributed by atoms with E-state index < -0.39 is 43.9 Å². The molecule has 12 heteroatoms. The second-order valence-corrected chi connectivity index (χ2v) is 5.54. The van der Waals surface area contributed by atoms with Crippen LogP contribution < -0.4 is 0 Å². The molecule has 0 bridgehead atoms. The highest BCUT2D eigenvalue weighted by Gasteiger charge is 2.45. The molecule has 1 heterocycles. The molecule has 138 valence electrons. The summed E-state index contributed by atoms with van der Waals surface area (Å²) < 4.78 is 1.15. The van der Waals surface area contributed by atoms with Gasteiger partial charge in [0.25, 0.3) is 11.4 Å². The van der Waals surface area contributed by atoms with Gasteiger partial charge in [0, 0.05) is 11.6 Å². The Morgan fingerprint density at radius 1 is 1.07 bits per heavy atom. The van der Waals surface area contributed by atoms with E-state index in [9.17, 15) is 40.5 Å². The molecule has 1 aromatic carbocycles. The Labute approximate surface area is 149 Å². The molecule has 27 heavy (non-hydrogen) atoms. The number of aromatic nitrogens is 1. The summed E-state index contributed by atoms with van der Waals surface area (Å²) in [6.07, 6.45) is 2.54. The topological polar surface area (TPSA) is 172 Å². The minimum absolute atomic E-state index is 0.167. The van der Waals surface area contributed by atoms with Crippen molar-refractivity contribution in [1.82, 2.24) is 4.57 Å². The van der Waals surface area contributed by atoms with Gasteiger partial charge in [-0.1, -0.05) is 18.2 Å². The molecule has 1 aliphatic rings. The van der Waals surface area contributed by atoms with Crippen LogP contribution in [0.25, 0.3) is 10.9 Å². The van der Waals surface area contributed by atoms with Crippen molar-refractivity contribution in [1.29, 1.82) is 0 Å². The zero-order valence-corrected chi connectivity index (χ0v) is 13.3. The summed E-state index contributed by atoms with van der Waals surface area (Å²) in [5.41, 5.74) is -1.96. The molecule has 1 aliphatic carbocycles. The number of hydrogen-bond donors (Lipinski definition) is 3. The minimum atomic E-state index is -1.52. The molecule has 0 aliphatic heterocycles. The predicted molar refractivity (Wildman–Crippen MR) is 86.9 cm³/mol. The van der Waals surface area contributed by atoms with Crippen LogP contribution in [-0.2, 0) is 0 Å². The number of aromatic carboxylic acids is 1. The first kappa shape index (κ1) is 17.6. The highest BCUT2D eigenvalue weighted by molar-refractivity contribution is 6.05. The average molecular weight is 375 g/mol. The molecule has 3 N–H and O–H groups in total. The Morgan fingerprint density at radius 2 is 1.74 bits per heavy atom. The van der Waals surface area contributed by atoms with Gasteiger partial charge < -0.3 is 9.67 Å². The summed E-state index contributed by atoms with van der Waals surface area (Å²) in [6.45, 7) is 0. The first-order chi connectivity index (χ1) is 12.7. The first-order valence-corrected chi connectivity index (χ1v) is 7.32. The number of carboxylic acids is 1. The summed E-state index contributed by atoms with van der Waals surface area (Å²) >= 11 is 0. The van der Waals surface area contributed by atoms with Crippen LogP contribution in [0.15, 0.2) is 54.0 Å². The molecule has 1 atom stereocenters. The molecule has 1 unspecified atom stereocenters. The lowest BCUT2D eigenvalue weighted by Crippen LogP contribution is -2.32. The van der Waals surface area contributed by atoms with Gasteiger partial charge in [-0.3, -0.25) is 20.2 Å². The largest absolute Gasteiger partial charge is 0.478 e. The Balaban J connectivity index is 2.35. The van der Waals surface area contributed by atoms with E-state index in [0.717, 1.165) is 16.8 Å². The highest BCUT2D eigenvalue weighted by Crippen LogP contribution is 2.33. The van der Waals surface area contributed by atoms with E-state index in [1.165, 1.54) is 12.1 Å².